The number of hydrogen-bond acceptors (Lipinski definition) is 1. The molecule has 0 fully saturated rings. The number of H-pyrrole nitrogens is 2. The van der Waals surface area contributed by atoms with E-state index in [1.165, 1.54) is 10.9 Å². The number of halogens is 1. The molecular formula is C17H16BrN3O. The number of benzene rings is 1. The summed E-state index contributed by atoms with van der Waals surface area (Å²) in [7, 11) is 0. The number of amides is 1. The van der Waals surface area contributed by atoms with Crippen LogP contribution in [-0.4, -0.2) is 15.9 Å². The van der Waals surface area contributed by atoms with Crippen molar-refractivity contribution >= 4 is 32.7 Å². The van der Waals surface area contributed by atoms with Crippen LogP contribution >= 0.6 is 15.9 Å². The molecule has 5 heteroatoms. The van der Waals surface area contributed by atoms with Crippen LogP contribution in [0.4, 0.5) is 0 Å². The molecule has 3 N–H and O–H groups in total. The number of aromatic nitrogens is 2. The van der Waals surface area contributed by atoms with Crippen molar-refractivity contribution in [2.24, 2.45) is 0 Å². The number of carbonyl (C=O) groups is 1. The molecule has 0 bridgehead atoms. The van der Waals surface area contributed by atoms with Gasteiger partial charge in [-0.2, -0.15) is 0 Å². The van der Waals surface area contributed by atoms with Gasteiger partial charge in [-0.1, -0.05) is 15.9 Å². The predicted molar refractivity (Wildman–Crippen MR) is 89.9 cm³/mol. The van der Waals surface area contributed by atoms with E-state index in [1.807, 2.05) is 12.1 Å². The molecule has 1 amide bonds. The van der Waals surface area contributed by atoms with Crippen LogP contribution in [-0.2, 0) is 6.42 Å². The van der Waals surface area contributed by atoms with Crippen LogP contribution in [0.2, 0.25) is 0 Å². The van der Waals surface area contributed by atoms with E-state index in [4.69, 9.17) is 0 Å². The lowest BCUT2D eigenvalue weighted by atomic mass is 9.91. The Labute approximate surface area is 136 Å². The maximum Gasteiger partial charge on any atom is 0.268 e. The lowest BCUT2D eigenvalue weighted by Crippen LogP contribution is -2.31. The molecule has 0 radical (unpaired) electrons. The molecule has 1 atom stereocenters. The minimum atomic E-state index is -0.0531. The molecule has 2 heterocycles. The second kappa shape index (κ2) is 5.32. The summed E-state index contributed by atoms with van der Waals surface area (Å²) >= 11 is 3.54. The molecule has 3 aromatic rings. The molecule has 1 aliphatic rings. The van der Waals surface area contributed by atoms with Crippen molar-refractivity contribution in [1.82, 2.24) is 15.3 Å². The zero-order valence-electron chi connectivity index (χ0n) is 11.9. The normalized spacial score (nSPS) is 17.4. The Hall–Kier alpha value is -2.01. The lowest BCUT2D eigenvalue weighted by molar-refractivity contribution is 0.0927. The number of rotatable bonds is 2. The number of hydrogen-bond donors (Lipinski definition) is 3. The monoisotopic (exact) mass is 357 g/mol. The summed E-state index contributed by atoms with van der Waals surface area (Å²) < 4.78 is 1.08. The molecule has 4 rings (SSSR count). The molecule has 1 unspecified atom stereocenters. The molecule has 1 aliphatic carbocycles. The van der Waals surface area contributed by atoms with E-state index in [-0.39, 0.29) is 11.9 Å². The van der Waals surface area contributed by atoms with Gasteiger partial charge in [0, 0.05) is 27.3 Å². The van der Waals surface area contributed by atoms with E-state index in [1.54, 1.807) is 12.3 Å². The maximum atomic E-state index is 12.3. The van der Waals surface area contributed by atoms with Crippen molar-refractivity contribution in [3.63, 3.8) is 0 Å². The van der Waals surface area contributed by atoms with Crippen LogP contribution in [0.1, 0.15) is 40.6 Å². The fourth-order valence-electron chi connectivity index (χ4n) is 3.29. The first-order valence-electron chi connectivity index (χ1n) is 7.46. The Kier molecular flexibility index (Phi) is 3.30. The largest absolute Gasteiger partial charge is 0.357 e. The summed E-state index contributed by atoms with van der Waals surface area (Å²) in [6.45, 7) is 0. The Morgan fingerprint density at radius 2 is 2.23 bits per heavy atom. The van der Waals surface area contributed by atoms with Crippen molar-refractivity contribution in [3.8, 4) is 0 Å². The summed E-state index contributed by atoms with van der Waals surface area (Å²) in [5.41, 5.74) is 4.22. The summed E-state index contributed by atoms with van der Waals surface area (Å²) in [6.07, 6.45) is 4.87. The van der Waals surface area contributed by atoms with E-state index in [0.717, 1.165) is 34.9 Å². The van der Waals surface area contributed by atoms with Gasteiger partial charge in [-0.3, -0.25) is 4.79 Å². The molecule has 2 aromatic heterocycles. The van der Waals surface area contributed by atoms with Crippen molar-refractivity contribution in [1.29, 1.82) is 0 Å². The standard InChI is InChI=1S/C17H16BrN3O/c18-10-6-7-13-12(9-10)11-3-1-4-14(16(11)20-13)21-17(22)15-5-2-8-19-15/h2,5-9,14,19-20H,1,3-4H2,(H,21,22). The van der Waals surface area contributed by atoms with Crippen LogP contribution in [0.15, 0.2) is 41.0 Å². The quantitative estimate of drug-likeness (QED) is 0.636. The second-order valence-electron chi connectivity index (χ2n) is 5.71. The summed E-state index contributed by atoms with van der Waals surface area (Å²) in [6, 6.07) is 9.95. The van der Waals surface area contributed by atoms with Gasteiger partial charge in [0.2, 0.25) is 0 Å². The zero-order valence-corrected chi connectivity index (χ0v) is 13.5. The molecule has 0 saturated carbocycles. The number of fused-ring (bicyclic) bond motifs is 3. The minimum absolute atomic E-state index is 0.0470. The second-order valence-corrected chi connectivity index (χ2v) is 6.62. The Bertz CT molecular complexity index is 835. The molecule has 1 aromatic carbocycles. The summed E-state index contributed by atoms with van der Waals surface area (Å²) in [4.78, 5) is 18.7. The van der Waals surface area contributed by atoms with Gasteiger partial charge in [0.1, 0.15) is 5.69 Å². The number of nitrogens with one attached hydrogen (secondary N) is 3. The zero-order chi connectivity index (χ0) is 15.1. The molecule has 0 aliphatic heterocycles. The van der Waals surface area contributed by atoms with Crippen LogP contribution < -0.4 is 5.32 Å². The highest BCUT2D eigenvalue weighted by Gasteiger charge is 2.26. The average molecular weight is 358 g/mol. The first kappa shape index (κ1) is 13.6. The Morgan fingerprint density at radius 3 is 3.05 bits per heavy atom. The minimum Gasteiger partial charge on any atom is -0.357 e. The van der Waals surface area contributed by atoms with Gasteiger partial charge >= 0.3 is 0 Å². The van der Waals surface area contributed by atoms with Gasteiger partial charge in [-0.05, 0) is 55.2 Å². The van der Waals surface area contributed by atoms with Crippen LogP contribution in [0.5, 0.6) is 0 Å². The third-order valence-electron chi connectivity index (χ3n) is 4.32. The van der Waals surface area contributed by atoms with Gasteiger partial charge < -0.3 is 15.3 Å². The predicted octanol–water partition coefficient (Wildman–Crippen LogP) is 4.07. The average Bonchev–Trinajstić information content (AvgIpc) is 3.15. The first-order chi connectivity index (χ1) is 10.7. The van der Waals surface area contributed by atoms with Gasteiger partial charge in [0.05, 0.1) is 6.04 Å². The SMILES string of the molecule is O=C(NC1CCCc2c1[nH]c1ccc(Br)cc21)c1ccc[nH]1. The number of carbonyl (C=O) groups excluding carboxylic acids is 1. The van der Waals surface area contributed by atoms with Crippen molar-refractivity contribution in [2.45, 2.75) is 25.3 Å². The first-order valence-corrected chi connectivity index (χ1v) is 8.26. The third kappa shape index (κ3) is 2.25. The fraction of sp³-hybridized carbons (Fsp3) is 0.235. The Balaban J connectivity index is 1.70. The molecular weight excluding hydrogens is 342 g/mol. The van der Waals surface area contributed by atoms with Crippen LogP contribution in [0.25, 0.3) is 10.9 Å². The lowest BCUT2D eigenvalue weighted by Gasteiger charge is -2.23. The number of aryl methyl sites for hydroxylation is 1. The smallest absolute Gasteiger partial charge is 0.268 e. The molecule has 4 nitrogen and oxygen atoms in total. The topological polar surface area (TPSA) is 60.7 Å². The van der Waals surface area contributed by atoms with Crippen LogP contribution in [0, 0.1) is 0 Å². The van der Waals surface area contributed by atoms with Crippen molar-refractivity contribution in [2.75, 3.05) is 0 Å². The Morgan fingerprint density at radius 1 is 1.32 bits per heavy atom. The molecule has 0 spiro atoms. The van der Waals surface area contributed by atoms with E-state index >= 15 is 0 Å². The van der Waals surface area contributed by atoms with E-state index < -0.39 is 0 Å². The highest BCUT2D eigenvalue weighted by Crippen LogP contribution is 2.35. The highest BCUT2D eigenvalue weighted by atomic mass is 79.9. The highest BCUT2D eigenvalue weighted by molar-refractivity contribution is 9.10. The van der Waals surface area contributed by atoms with E-state index in [2.05, 4.69) is 43.3 Å². The molecule has 0 saturated heterocycles. The van der Waals surface area contributed by atoms with Crippen molar-refractivity contribution < 1.29 is 4.79 Å². The fourth-order valence-corrected chi connectivity index (χ4v) is 3.65. The number of aromatic amines is 2. The maximum absolute atomic E-state index is 12.3. The van der Waals surface area contributed by atoms with Gasteiger partial charge in [-0.25, -0.2) is 0 Å². The van der Waals surface area contributed by atoms with Gasteiger partial charge in [0.15, 0.2) is 0 Å². The summed E-state index contributed by atoms with van der Waals surface area (Å²) in [5.74, 6) is -0.0531. The third-order valence-corrected chi connectivity index (χ3v) is 4.81. The summed E-state index contributed by atoms with van der Waals surface area (Å²) in [5, 5.41) is 4.39. The van der Waals surface area contributed by atoms with Crippen molar-refractivity contribution in [3.05, 3.63) is 58.0 Å². The molecule has 22 heavy (non-hydrogen) atoms. The molecule has 112 valence electrons. The van der Waals surface area contributed by atoms with E-state index in [0.29, 0.717) is 5.69 Å². The van der Waals surface area contributed by atoms with Gasteiger partial charge in [-0.15, -0.1) is 0 Å². The van der Waals surface area contributed by atoms with E-state index in [9.17, 15) is 4.79 Å². The van der Waals surface area contributed by atoms with Crippen LogP contribution in [0.3, 0.4) is 0 Å². The van der Waals surface area contributed by atoms with Gasteiger partial charge in [0.25, 0.3) is 5.91 Å².